The summed E-state index contributed by atoms with van der Waals surface area (Å²) in [5.41, 5.74) is 0.673. The van der Waals surface area contributed by atoms with Gasteiger partial charge in [0.05, 0.1) is 32.3 Å². The predicted molar refractivity (Wildman–Crippen MR) is 107 cm³/mol. The van der Waals surface area contributed by atoms with Crippen molar-refractivity contribution >= 4 is 23.4 Å². The van der Waals surface area contributed by atoms with E-state index in [-0.39, 0.29) is 24.3 Å². The van der Waals surface area contributed by atoms with Crippen LogP contribution in [0.5, 0.6) is 11.5 Å². The monoisotopic (exact) mass is 411 g/mol. The number of aliphatic hydroxyl groups is 1. The zero-order valence-corrected chi connectivity index (χ0v) is 16.5. The van der Waals surface area contributed by atoms with Crippen molar-refractivity contribution in [3.05, 3.63) is 65.2 Å². The Morgan fingerprint density at radius 3 is 2.33 bits per heavy atom. The highest BCUT2D eigenvalue weighted by molar-refractivity contribution is 6.46. The zero-order valence-electron chi connectivity index (χ0n) is 16.5. The summed E-state index contributed by atoms with van der Waals surface area (Å²) < 4.78 is 10.6. The maximum absolute atomic E-state index is 12.9. The first kappa shape index (κ1) is 20.9. The van der Waals surface area contributed by atoms with Gasteiger partial charge in [-0.25, -0.2) is 0 Å². The molecule has 1 saturated heterocycles. The summed E-state index contributed by atoms with van der Waals surface area (Å²) in [5.74, 6) is -2.38. The molecule has 1 unspecified atom stereocenters. The number of benzene rings is 2. The summed E-state index contributed by atoms with van der Waals surface area (Å²) in [5, 5.41) is 20.0. The van der Waals surface area contributed by atoms with E-state index >= 15 is 0 Å². The van der Waals surface area contributed by atoms with Gasteiger partial charge in [-0.15, -0.1) is 0 Å². The van der Waals surface area contributed by atoms with Gasteiger partial charge in [-0.3, -0.25) is 14.4 Å². The first-order chi connectivity index (χ1) is 14.4. The molecule has 8 nitrogen and oxygen atoms in total. The number of carboxylic acid groups (broad SMARTS) is 1. The molecule has 2 aromatic rings. The number of aliphatic hydroxyl groups excluding tert-OH is 1. The summed E-state index contributed by atoms with van der Waals surface area (Å²) in [6, 6.07) is 12.2. The number of amides is 1. The molecule has 8 heteroatoms. The topological polar surface area (TPSA) is 113 Å². The highest BCUT2D eigenvalue weighted by Crippen LogP contribution is 2.43. The van der Waals surface area contributed by atoms with Crippen LogP contribution in [0, 0.1) is 0 Å². The number of ketones is 1. The molecule has 0 saturated carbocycles. The lowest BCUT2D eigenvalue weighted by atomic mass is 9.94. The number of carboxylic acids is 1. The second-order valence-electron chi connectivity index (χ2n) is 6.61. The van der Waals surface area contributed by atoms with Crippen LogP contribution in [0.1, 0.15) is 23.6 Å². The van der Waals surface area contributed by atoms with Crippen LogP contribution in [-0.2, 0) is 14.4 Å². The van der Waals surface area contributed by atoms with Crippen molar-refractivity contribution in [3.8, 4) is 11.5 Å². The van der Waals surface area contributed by atoms with Gasteiger partial charge in [-0.05, 0) is 12.1 Å². The van der Waals surface area contributed by atoms with Crippen LogP contribution >= 0.6 is 0 Å². The van der Waals surface area contributed by atoms with Crippen LogP contribution in [0.2, 0.25) is 0 Å². The average Bonchev–Trinajstić information content (AvgIpc) is 3.01. The van der Waals surface area contributed by atoms with Gasteiger partial charge >= 0.3 is 5.97 Å². The fourth-order valence-corrected chi connectivity index (χ4v) is 3.45. The lowest BCUT2D eigenvalue weighted by Crippen LogP contribution is -2.32. The Balaban J connectivity index is 2.21. The van der Waals surface area contributed by atoms with Crippen molar-refractivity contribution in [2.75, 3.05) is 20.8 Å². The third-order valence-electron chi connectivity index (χ3n) is 4.89. The van der Waals surface area contributed by atoms with Gasteiger partial charge in [0.2, 0.25) is 0 Å². The predicted octanol–water partition coefficient (Wildman–Crippen LogP) is 2.60. The maximum Gasteiger partial charge on any atom is 0.305 e. The normalized spacial score (nSPS) is 17.8. The van der Waals surface area contributed by atoms with Crippen molar-refractivity contribution in [1.29, 1.82) is 0 Å². The van der Waals surface area contributed by atoms with Gasteiger partial charge < -0.3 is 24.6 Å². The number of hydrogen-bond acceptors (Lipinski definition) is 6. The molecular weight excluding hydrogens is 390 g/mol. The van der Waals surface area contributed by atoms with Crippen LogP contribution in [-0.4, -0.2) is 53.5 Å². The number of nitrogens with zero attached hydrogens (tertiary/aromatic N) is 1. The SMILES string of the molecule is COc1ccc(C2C(=C(O)c3ccccc3)C(=O)C(=O)N2CCC(=O)O)c(OC)c1. The summed E-state index contributed by atoms with van der Waals surface area (Å²) in [7, 11) is 2.92. The number of aliphatic carboxylic acids is 1. The van der Waals surface area contributed by atoms with E-state index < -0.39 is 23.7 Å². The number of ether oxygens (including phenoxy) is 2. The van der Waals surface area contributed by atoms with Crippen LogP contribution in [0.3, 0.4) is 0 Å². The van der Waals surface area contributed by atoms with Crippen molar-refractivity contribution in [3.63, 3.8) is 0 Å². The Hall–Kier alpha value is -3.81. The van der Waals surface area contributed by atoms with E-state index in [1.54, 1.807) is 48.5 Å². The summed E-state index contributed by atoms with van der Waals surface area (Å²) in [6.45, 7) is -0.203. The Morgan fingerprint density at radius 2 is 1.73 bits per heavy atom. The molecule has 0 radical (unpaired) electrons. The van der Waals surface area contributed by atoms with Gasteiger partial charge in [0.15, 0.2) is 0 Å². The molecule has 1 heterocycles. The molecule has 0 spiro atoms. The van der Waals surface area contributed by atoms with Crippen molar-refractivity contribution < 1.29 is 34.1 Å². The molecule has 156 valence electrons. The molecule has 2 N–H and O–H groups in total. The highest BCUT2D eigenvalue weighted by Gasteiger charge is 2.47. The number of rotatable bonds is 7. The van der Waals surface area contributed by atoms with Gasteiger partial charge in [0, 0.05) is 23.7 Å². The molecule has 1 atom stereocenters. The quantitative estimate of drug-likeness (QED) is 0.409. The van der Waals surface area contributed by atoms with E-state index in [4.69, 9.17) is 14.6 Å². The molecular formula is C22H21NO7. The third kappa shape index (κ3) is 3.84. The molecule has 0 aliphatic carbocycles. The molecule has 1 amide bonds. The molecule has 1 aliphatic rings. The van der Waals surface area contributed by atoms with Crippen LogP contribution < -0.4 is 9.47 Å². The van der Waals surface area contributed by atoms with Crippen molar-refractivity contribution in [2.45, 2.75) is 12.5 Å². The van der Waals surface area contributed by atoms with E-state index in [2.05, 4.69) is 0 Å². The lowest BCUT2D eigenvalue weighted by Gasteiger charge is -2.26. The smallest absolute Gasteiger partial charge is 0.305 e. The fourth-order valence-electron chi connectivity index (χ4n) is 3.45. The molecule has 3 rings (SSSR count). The number of likely N-dealkylation sites (tertiary alicyclic amines) is 1. The molecule has 0 bridgehead atoms. The first-order valence-electron chi connectivity index (χ1n) is 9.16. The second kappa shape index (κ2) is 8.69. The van der Waals surface area contributed by atoms with Gasteiger partial charge in [-0.1, -0.05) is 30.3 Å². The number of carbonyl (C=O) groups excluding carboxylic acids is 2. The Labute approximate surface area is 173 Å². The van der Waals surface area contributed by atoms with E-state index in [1.165, 1.54) is 14.2 Å². The number of Topliss-reactive ketones (excluding diaryl/α,β-unsaturated/α-hetero) is 1. The van der Waals surface area contributed by atoms with Gasteiger partial charge in [-0.2, -0.15) is 0 Å². The van der Waals surface area contributed by atoms with Crippen molar-refractivity contribution in [1.82, 2.24) is 4.90 Å². The molecule has 2 aromatic carbocycles. The summed E-state index contributed by atoms with van der Waals surface area (Å²) in [6.07, 6.45) is -0.354. The number of carbonyl (C=O) groups is 3. The van der Waals surface area contributed by atoms with E-state index in [0.29, 0.717) is 22.6 Å². The molecule has 1 fully saturated rings. The van der Waals surface area contributed by atoms with Crippen LogP contribution in [0.25, 0.3) is 5.76 Å². The Morgan fingerprint density at radius 1 is 1.03 bits per heavy atom. The minimum Gasteiger partial charge on any atom is -0.507 e. The average molecular weight is 411 g/mol. The van der Waals surface area contributed by atoms with Crippen LogP contribution in [0.4, 0.5) is 0 Å². The molecule has 0 aromatic heterocycles. The minimum atomic E-state index is -1.11. The summed E-state index contributed by atoms with van der Waals surface area (Å²) in [4.78, 5) is 37.9. The fraction of sp³-hybridized carbons (Fsp3) is 0.227. The number of hydrogen-bond donors (Lipinski definition) is 2. The zero-order chi connectivity index (χ0) is 21.8. The number of methoxy groups -OCH3 is 2. The van der Waals surface area contributed by atoms with Gasteiger partial charge in [0.1, 0.15) is 17.3 Å². The largest absolute Gasteiger partial charge is 0.507 e. The van der Waals surface area contributed by atoms with Crippen LogP contribution in [0.15, 0.2) is 54.1 Å². The highest BCUT2D eigenvalue weighted by atomic mass is 16.5. The minimum absolute atomic E-state index is 0.125. The van der Waals surface area contributed by atoms with Gasteiger partial charge in [0.25, 0.3) is 11.7 Å². The third-order valence-corrected chi connectivity index (χ3v) is 4.89. The molecule has 1 aliphatic heterocycles. The van der Waals surface area contributed by atoms with Crippen molar-refractivity contribution in [2.24, 2.45) is 0 Å². The molecule has 30 heavy (non-hydrogen) atoms. The first-order valence-corrected chi connectivity index (χ1v) is 9.16. The Bertz CT molecular complexity index is 1010. The second-order valence-corrected chi connectivity index (χ2v) is 6.61. The lowest BCUT2D eigenvalue weighted by molar-refractivity contribution is -0.142. The van der Waals surface area contributed by atoms with E-state index in [9.17, 15) is 19.5 Å². The maximum atomic E-state index is 12.9. The standard InChI is InChI=1S/C22H21NO7/c1-29-14-8-9-15(16(12-14)30-2)19-18(20(26)13-6-4-3-5-7-13)21(27)22(28)23(19)11-10-17(24)25/h3-9,12,19,26H,10-11H2,1-2H3,(H,24,25). The van der Waals surface area contributed by atoms with E-state index in [0.717, 1.165) is 4.90 Å². The Kier molecular flexibility index (Phi) is 6.06. The van der Waals surface area contributed by atoms with E-state index in [1.807, 2.05) is 0 Å². The summed E-state index contributed by atoms with van der Waals surface area (Å²) >= 11 is 0.